The number of aliphatic hydroxyl groups is 1. The van der Waals surface area contributed by atoms with Gasteiger partial charge in [0.1, 0.15) is 0 Å². The fourth-order valence-electron chi connectivity index (χ4n) is 3.29. The number of hydrogen-bond acceptors (Lipinski definition) is 1. The van der Waals surface area contributed by atoms with Crippen LogP contribution in [0.4, 0.5) is 0 Å². The SMILES string of the molecule is C=C1CCC2CCCCCC12CO. The van der Waals surface area contributed by atoms with Crippen molar-refractivity contribution < 1.29 is 5.11 Å². The lowest BCUT2D eigenvalue weighted by molar-refractivity contribution is 0.108. The molecule has 0 heterocycles. The largest absolute Gasteiger partial charge is 0.395 e. The third-order valence-electron chi connectivity index (χ3n) is 4.24. The average Bonchev–Trinajstić information content (AvgIpc) is 2.38. The zero-order valence-electron chi connectivity index (χ0n) is 8.39. The highest BCUT2D eigenvalue weighted by Crippen LogP contribution is 2.53. The minimum atomic E-state index is 0.135. The van der Waals surface area contributed by atoms with E-state index in [9.17, 15) is 5.11 Å². The van der Waals surface area contributed by atoms with E-state index >= 15 is 0 Å². The second kappa shape index (κ2) is 3.45. The highest BCUT2D eigenvalue weighted by atomic mass is 16.3. The summed E-state index contributed by atoms with van der Waals surface area (Å²) in [6.45, 7) is 4.51. The van der Waals surface area contributed by atoms with Gasteiger partial charge in [0.2, 0.25) is 0 Å². The second-order valence-corrected chi connectivity index (χ2v) is 4.75. The van der Waals surface area contributed by atoms with Gasteiger partial charge in [0, 0.05) is 5.41 Å². The first-order chi connectivity index (χ1) is 6.29. The van der Waals surface area contributed by atoms with Gasteiger partial charge >= 0.3 is 0 Å². The quantitative estimate of drug-likeness (QED) is 0.615. The van der Waals surface area contributed by atoms with E-state index < -0.39 is 0 Å². The van der Waals surface area contributed by atoms with Crippen molar-refractivity contribution in [1.82, 2.24) is 0 Å². The molecule has 0 aliphatic heterocycles. The zero-order chi connectivity index (χ0) is 9.31. The van der Waals surface area contributed by atoms with E-state index in [2.05, 4.69) is 6.58 Å². The molecule has 2 fully saturated rings. The Kier molecular flexibility index (Phi) is 2.46. The minimum absolute atomic E-state index is 0.135. The van der Waals surface area contributed by atoms with E-state index in [1.165, 1.54) is 44.1 Å². The van der Waals surface area contributed by atoms with Gasteiger partial charge in [-0.05, 0) is 31.6 Å². The van der Waals surface area contributed by atoms with Crippen LogP contribution in [0.2, 0.25) is 0 Å². The molecule has 0 aromatic rings. The Bertz CT molecular complexity index is 209. The molecule has 2 aliphatic carbocycles. The van der Waals surface area contributed by atoms with Crippen molar-refractivity contribution in [3.63, 3.8) is 0 Å². The summed E-state index contributed by atoms with van der Waals surface area (Å²) in [5.41, 5.74) is 1.47. The molecule has 0 spiro atoms. The Morgan fingerprint density at radius 1 is 1.31 bits per heavy atom. The molecule has 0 aromatic heterocycles. The van der Waals surface area contributed by atoms with Gasteiger partial charge in [0.15, 0.2) is 0 Å². The van der Waals surface area contributed by atoms with Crippen molar-refractivity contribution in [3.8, 4) is 0 Å². The molecule has 1 heteroatoms. The fourth-order valence-corrected chi connectivity index (χ4v) is 3.29. The molecule has 13 heavy (non-hydrogen) atoms. The molecular formula is C12H20O. The van der Waals surface area contributed by atoms with Gasteiger partial charge in [-0.2, -0.15) is 0 Å². The van der Waals surface area contributed by atoms with E-state index in [0.29, 0.717) is 6.61 Å². The maximum absolute atomic E-state index is 9.59. The van der Waals surface area contributed by atoms with E-state index in [0.717, 1.165) is 12.3 Å². The van der Waals surface area contributed by atoms with Crippen LogP contribution in [-0.4, -0.2) is 11.7 Å². The van der Waals surface area contributed by atoms with Crippen LogP contribution in [0.5, 0.6) is 0 Å². The topological polar surface area (TPSA) is 20.2 Å². The van der Waals surface area contributed by atoms with Crippen LogP contribution in [-0.2, 0) is 0 Å². The summed E-state index contributed by atoms with van der Waals surface area (Å²) in [5, 5.41) is 9.59. The van der Waals surface area contributed by atoms with Gasteiger partial charge in [0.05, 0.1) is 6.61 Å². The van der Waals surface area contributed by atoms with Gasteiger partial charge in [-0.25, -0.2) is 0 Å². The molecule has 2 atom stereocenters. The second-order valence-electron chi connectivity index (χ2n) is 4.75. The van der Waals surface area contributed by atoms with Crippen LogP contribution >= 0.6 is 0 Å². The highest BCUT2D eigenvalue weighted by molar-refractivity contribution is 5.19. The Hall–Kier alpha value is -0.300. The number of rotatable bonds is 1. The number of hydrogen-bond donors (Lipinski definition) is 1. The molecule has 1 N–H and O–H groups in total. The van der Waals surface area contributed by atoms with Crippen LogP contribution in [0.15, 0.2) is 12.2 Å². The first-order valence-corrected chi connectivity index (χ1v) is 5.59. The van der Waals surface area contributed by atoms with E-state index in [-0.39, 0.29) is 5.41 Å². The van der Waals surface area contributed by atoms with Crippen LogP contribution in [0, 0.1) is 11.3 Å². The van der Waals surface area contributed by atoms with Gasteiger partial charge < -0.3 is 5.11 Å². The van der Waals surface area contributed by atoms with Crippen molar-refractivity contribution >= 4 is 0 Å². The average molecular weight is 180 g/mol. The molecule has 0 radical (unpaired) electrons. The summed E-state index contributed by atoms with van der Waals surface area (Å²) in [5.74, 6) is 0.743. The van der Waals surface area contributed by atoms with Gasteiger partial charge in [-0.3, -0.25) is 0 Å². The predicted molar refractivity (Wildman–Crippen MR) is 54.5 cm³/mol. The van der Waals surface area contributed by atoms with E-state index in [1.807, 2.05) is 0 Å². The van der Waals surface area contributed by atoms with Crippen molar-refractivity contribution in [2.75, 3.05) is 6.61 Å². The third-order valence-corrected chi connectivity index (χ3v) is 4.24. The van der Waals surface area contributed by atoms with Gasteiger partial charge in [0.25, 0.3) is 0 Å². The molecule has 0 amide bonds. The predicted octanol–water partition coefficient (Wildman–Crippen LogP) is 2.90. The summed E-state index contributed by atoms with van der Waals surface area (Å²) in [4.78, 5) is 0. The summed E-state index contributed by atoms with van der Waals surface area (Å²) in [6, 6.07) is 0. The lowest BCUT2D eigenvalue weighted by Gasteiger charge is -2.33. The van der Waals surface area contributed by atoms with Crippen LogP contribution in [0.1, 0.15) is 44.9 Å². The van der Waals surface area contributed by atoms with E-state index in [1.54, 1.807) is 0 Å². The molecule has 2 rings (SSSR count). The summed E-state index contributed by atoms with van der Waals surface area (Å²) < 4.78 is 0. The summed E-state index contributed by atoms with van der Waals surface area (Å²) in [6.07, 6.45) is 8.94. The smallest absolute Gasteiger partial charge is 0.0527 e. The lowest BCUT2D eigenvalue weighted by atomic mass is 9.73. The minimum Gasteiger partial charge on any atom is -0.395 e. The standard InChI is InChI=1S/C12H20O/c1-10-6-7-11-5-3-2-4-8-12(10,11)9-13/h11,13H,1-9H2. The first-order valence-electron chi connectivity index (χ1n) is 5.59. The molecule has 2 saturated carbocycles. The Balaban J connectivity index is 2.24. The molecule has 0 saturated heterocycles. The zero-order valence-corrected chi connectivity index (χ0v) is 8.39. The molecule has 74 valence electrons. The van der Waals surface area contributed by atoms with Crippen LogP contribution in [0.25, 0.3) is 0 Å². The number of fused-ring (bicyclic) bond motifs is 1. The molecule has 1 nitrogen and oxygen atoms in total. The molecule has 0 bridgehead atoms. The molecule has 2 unspecified atom stereocenters. The van der Waals surface area contributed by atoms with Gasteiger partial charge in [-0.15, -0.1) is 0 Å². The first kappa shape index (κ1) is 9.26. The van der Waals surface area contributed by atoms with Crippen molar-refractivity contribution in [2.24, 2.45) is 11.3 Å². The monoisotopic (exact) mass is 180 g/mol. The van der Waals surface area contributed by atoms with Crippen molar-refractivity contribution in [3.05, 3.63) is 12.2 Å². The Morgan fingerprint density at radius 2 is 2.15 bits per heavy atom. The highest BCUT2D eigenvalue weighted by Gasteiger charge is 2.44. The normalized spacial score (nSPS) is 40.1. The maximum Gasteiger partial charge on any atom is 0.0527 e. The summed E-state index contributed by atoms with van der Waals surface area (Å²) in [7, 11) is 0. The van der Waals surface area contributed by atoms with Crippen LogP contribution < -0.4 is 0 Å². The molecule has 2 aliphatic rings. The maximum atomic E-state index is 9.59. The van der Waals surface area contributed by atoms with Crippen molar-refractivity contribution in [2.45, 2.75) is 44.9 Å². The molecule has 0 aromatic carbocycles. The third kappa shape index (κ3) is 1.34. The Morgan fingerprint density at radius 3 is 2.92 bits per heavy atom. The number of aliphatic hydroxyl groups excluding tert-OH is 1. The fraction of sp³-hybridized carbons (Fsp3) is 0.833. The Labute approximate surface area is 80.8 Å². The van der Waals surface area contributed by atoms with Crippen LogP contribution in [0.3, 0.4) is 0 Å². The lowest BCUT2D eigenvalue weighted by Crippen LogP contribution is -2.30. The summed E-state index contributed by atoms with van der Waals surface area (Å²) >= 11 is 0. The van der Waals surface area contributed by atoms with Gasteiger partial charge in [-0.1, -0.05) is 31.4 Å². The molecular weight excluding hydrogens is 160 g/mol. The van der Waals surface area contributed by atoms with E-state index in [4.69, 9.17) is 0 Å². The van der Waals surface area contributed by atoms with Crippen molar-refractivity contribution in [1.29, 1.82) is 0 Å².